The van der Waals surface area contributed by atoms with Gasteiger partial charge in [-0.25, -0.2) is 0 Å². The maximum absolute atomic E-state index is 8.89. The van der Waals surface area contributed by atoms with Crippen molar-refractivity contribution in [2.75, 3.05) is 31.1 Å². The molecule has 0 saturated carbocycles. The predicted octanol–water partition coefficient (Wildman–Crippen LogP) is 3.06. The maximum atomic E-state index is 8.89. The molecule has 0 amide bonds. The lowest BCUT2D eigenvalue weighted by molar-refractivity contribution is 0.148. The molecule has 0 spiro atoms. The van der Waals surface area contributed by atoms with Crippen LogP contribution in [0, 0.1) is 11.3 Å². The normalized spacial score (nSPS) is 15.9. The van der Waals surface area contributed by atoms with Gasteiger partial charge in [0.25, 0.3) is 0 Å². The van der Waals surface area contributed by atoms with Gasteiger partial charge in [0.2, 0.25) is 5.95 Å². The molecule has 1 aromatic carbocycles. The lowest BCUT2D eigenvalue weighted by atomic mass is 10.1. The van der Waals surface area contributed by atoms with Crippen molar-refractivity contribution in [1.82, 2.24) is 19.7 Å². The second-order valence-electron chi connectivity index (χ2n) is 8.08. The van der Waals surface area contributed by atoms with Crippen LogP contribution in [0.1, 0.15) is 45.5 Å². The average Bonchev–Trinajstić information content (AvgIpc) is 2.91. The Labute approximate surface area is 167 Å². The standard InChI is InChI=1S/C21H30N6O/c1-5-27-19(16-28-18-9-7-17(15-22)8-10-18)23-24-20(27)25-11-6-12-26(14-13-25)21(2,3)4/h7-10H,5-6,11-14,16H2,1-4H3. The van der Waals surface area contributed by atoms with Gasteiger partial charge in [-0.1, -0.05) is 0 Å². The summed E-state index contributed by atoms with van der Waals surface area (Å²) in [7, 11) is 0. The summed E-state index contributed by atoms with van der Waals surface area (Å²) in [5, 5.41) is 17.8. The second kappa shape index (κ2) is 8.61. The van der Waals surface area contributed by atoms with Crippen molar-refractivity contribution in [3.8, 4) is 11.8 Å². The van der Waals surface area contributed by atoms with E-state index < -0.39 is 0 Å². The summed E-state index contributed by atoms with van der Waals surface area (Å²) < 4.78 is 8.00. The highest BCUT2D eigenvalue weighted by Gasteiger charge is 2.26. The molecule has 1 fully saturated rings. The third-order valence-electron chi connectivity index (χ3n) is 5.20. The topological polar surface area (TPSA) is 70.2 Å². The summed E-state index contributed by atoms with van der Waals surface area (Å²) in [6.45, 7) is 14.2. The Hall–Kier alpha value is -2.59. The van der Waals surface area contributed by atoms with E-state index in [4.69, 9.17) is 10.00 Å². The molecule has 7 heteroatoms. The van der Waals surface area contributed by atoms with E-state index >= 15 is 0 Å². The molecule has 1 saturated heterocycles. The van der Waals surface area contributed by atoms with Crippen LogP contribution in [0.5, 0.6) is 5.75 Å². The van der Waals surface area contributed by atoms with E-state index in [-0.39, 0.29) is 5.54 Å². The zero-order valence-electron chi connectivity index (χ0n) is 17.4. The highest BCUT2D eigenvalue weighted by Crippen LogP contribution is 2.21. The van der Waals surface area contributed by atoms with Crippen LogP contribution in [0.4, 0.5) is 5.95 Å². The largest absolute Gasteiger partial charge is 0.486 e. The smallest absolute Gasteiger partial charge is 0.227 e. The zero-order valence-corrected chi connectivity index (χ0v) is 17.4. The molecule has 0 atom stereocenters. The van der Waals surface area contributed by atoms with E-state index in [1.165, 1.54) is 0 Å². The Morgan fingerprint density at radius 3 is 2.46 bits per heavy atom. The summed E-state index contributed by atoms with van der Waals surface area (Å²) in [6, 6.07) is 9.23. The molecular weight excluding hydrogens is 352 g/mol. The van der Waals surface area contributed by atoms with E-state index in [1.54, 1.807) is 12.1 Å². The molecule has 0 N–H and O–H groups in total. The van der Waals surface area contributed by atoms with Crippen molar-refractivity contribution < 1.29 is 4.74 Å². The summed E-state index contributed by atoms with van der Waals surface area (Å²) in [5.41, 5.74) is 0.811. The number of nitrogens with zero attached hydrogens (tertiary/aromatic N) is 6. The van der Waals surface area contributed by atoms with Crippen molar-refractivity contribution in [2.45, 2.75) is 52.8 Å². The molecule has 0 aliphatic carbocycles. The fraction of sp³-hybridized carbons (Fsp3) is 0.571. The summed E-state index contributed by atoms with van der Waals surface area (Å²) >= 11 is 0. The van der Waals surface area contributed by atoms with E-state index in [9.17, 15) is 0 Å². The number of hydrogen-bond donors (Lipinski definition) is 0. The number of rotatable bonds is 5. The first-order valence-corrected chi connectivity index (χ1v) is 9.97. The highest BCUT2D eigenvalue weighted by molar-refractivity contribution is 5.35. The molecule has 1 aliphatic rings. The quantitative estimate of drug-likeness (QED) is 0.792. The summed E-state index contributed by atoms with van der Waals surface area (Å²) in [5.74, 6) is 2.47. The lowest BCUT2D eigenvalue weighted by Gasteiger charge is -2.34. The van der Waals surface area contributed by atoms with Gasteiger partial charge in [0.15, 0.2) is 5.82 Å². The third-order valence-corrected chi connectivity index (χ3v) is 5.20. The van der Waals surface area contributed by atoms with Gasteiger partial charge >= 0.3 is 0 Å². The molecule has 1 aromatic heterocycles. The van der Waals surface area contributed by atoms with E-state index in [0.29, 0.717) is 12.2 Å². The number of benzene rings is 1. The van der Waals surface area contributed by atoms with E-state index in [0.717, 1.165) is 56.7 Å². The Balaban J connectivity index is 1.68. The predicted molar refractivity (Wildman–Crippen MR) is 109 cm³/mol. The zero-order chi connectivity index (χ0) is 20.1. The van der Waals surface area contributed by atoms with E-state index in [2.05, 4.69) is 58.3 Å². The first-order valence-electron chi connectivity index (χ1n) is 9.97. The second-order valence-corrected chi connectivity index (χ2v) is 8.08. The Morgan fingerprint density at radius 1 is 1.07 bits per heavy atom. The van der Waals surface area contributed by atoms with Gasteiger partial charge in [0, 0.05) is 38.3 Å². The molecule has 28 heavy (non-hydrogen) atoms. The average molecular weight is 383 g/mol. The highest BCUT2D eigenvalue weighted by atomic mass is 16.5. The van der Waals surface area contributed by atoms with Gasteiger partial charge in [-0.15, -0.1) is 10.2 Å². The Morgan fingerprint density at radius 2 is 1.82 bits per heavy atom. The summed E-state index contributed by atoms with van der Waals surface area (Å²) in [4.78, 5) is 4.88. The molecule has 3 rings (SSSR count). The minimum Gasteiger partial charge on any atom is -0.486 e. The van der Waals surface area contributed by atoms with Crippen LogP contribution in [0.15, 0.2) is 24.3 Å². The Kier molecular flexibility index (Phi) is 6.20. The number of nitriles is 1. The van der Waals surface area contributed by atoms with Crippen molar-refractivity contribution in [1.29, 1.82) is 5.26 Å². The lowest BCUT2D eigenvalue weighted by Crippen LogP contribution is -2.43. The number of anilines is 1. The third kappa shape index (κ3) is 4.63. The van der Waals surface area contributed by atoms with Crippen LogP contribution < -0.4 is 9.64 Å². The summed E-state index contributed by atoms with van der Waals surface area (Å²) in [6.07, 6.45) is 1.12. The van der Waals surface area contributed by atoms with Crippen molar-refractivity contribution in [3.63, 3.8) is 0 Å². The molecule has 7 nitrogen and oxygen atoms in total. The minimum absolute atomic E-state index is 0.189. The van der Waals surface area contributed by atoms with Crippen LogP contribution in [0.25, 0.3) is 0 Å². The number of ether oxygens (including phenoxy) is 1. The molecule has 2 heterocycles. The monoisotopic (exact) mass is 382 g/mol. The van der Waals surface area contributed by atoms with Crippen molar-refractivity contribution in [2.24, 2.45) is 0 Å². The molecule has 150 valence electrons. The van der Waals surface area contributed by atoms with Crippen molar-refractivity contribution in [3.05, 3.63) is 35.7 Å². The van der Waals surface area contributed by atoms with Crippen LogP contribution in [-0.4, -0.2) is 51.4 Å². The first-order chi connectivity index (χ1) is 13.4. The molecular formula is C21H30N6O. The number of aromatic nitrogens is 3. The van der Waals surface area contributed by atoms with Crippen LogP contribution in [0.2, 0.25) is 0 Å². The fourth-order valence-electron chi connectivity index (χ4n) is 3.55. The fourth-order valence-corrected chi connectivity index (χ4v) is 3.55. The van der Waals surface area contributed by atoms with Crippen LogP contribution in [0.3, 0.4) is 0 Å². The number of hydrogen-bond acceptors (Lipinski definition) is 6. The molecule has 0 bridgehead atoms. The molecule has 2 aromatic rings. The first kappa shape index (κ1) is 20.2. The minimum atomic E-state index is 0.189. The van der Waals surface area contributed by atoms with Crippen molar-refractivity contribution >= 4 is 5.95 Å². The SMILES string of the molecule is CCn1c(COc2ccc(C#N)cc2)nnc1N1CCCN(C(C)(C)C)CC1. The molecule has 1 aliphatic heterocycles. The van der Waals surface area contributed by atoms with Crippen LogP contribution in [-0.2, 0) is 13.2 Å². The van der Waals surface area contributed by atoms with Gasteiger partial charge in [-0.2, -0.15) is 5.26 Å². The Bertz CT molecular complexity index is 815. The van der Waals surface area contributed by atoms with Gasteiger partial charge < -0.3 is 9.64 Å². The van der Waals surface area contributed by atoms with Gasteiger partial charge in [0.05, 0.1) is 11.6 Å². The van der Waals surface area contributed by atoms with E-state index in [1.807, 2.05) is 12.1 Å². The molecule has 0 unspecified atom stereocenters. The van der Waals surface area contributed by atoms with Gasteiger partial charge in [0.1, 0.15) is 12.4 Å². The maximum Gasteiger partial charge on any atom is 0.227 e. The van der Waals surface area contributed by atoms with Gasteiger partial charge in [-0.3, -0.25) is 9.47 Å². The van der Waals surface area contributed by atoms with Gasteiger partial charge in [-0.05, 0) is 58.4 Å². The molecule has 0 radical (unpaired) electrons. The van der Waals surface area contributed by atoms with Crippen LogP contribution >= 0.6 is 0 Å².